The second-order valence-electron chi connectivity index (χ2n) is 4.13. The van der Waals surface area contributed by atoms with Crippen LogP contribution in [0.1, 0.15) is 12.8 Å². The van der Waals surface area contributed by atoms with Gasteiger partial charge in [0.25, 0.3) is 0 Å². The third kappa shape index (κ3) is 3.40. The van der Waals surface area contributed by atoms with Gasteiger partial charge in [0.1, 0.15) is 5.75 Å². The Balaban J connectivity index is 1.88. The van der Waals surface area contributed by atoms with Gasteiger partial charge < -0.3 is 15.4 Å². The monoisotopic (exact) mass is 256 g/mol. The predicted octanol–water partition coefficient (Wildman–Crippen LogP) is 1.81. The van der Waals surface area contributed by atoms with Crippen LogP contribution in [0.2, 0.25) is 0 Å². The highest BCUT2D eigenvalue weighted by Gasteiger charge is 2.16. The van der Waals surface area contributed by atoms with Gasteiger partial charge in [0.15, 0.2) is 11.6 Å². The molecule has 98 valence electrons. The number of piperidine rings is 1. The van der Waals surface area contributed by atoms with Gasteiger partial charge in [-0.15, -0.1) is 0 Å². The molecule has 1 aliphatic rings. The Hall–Kier alpha value is -1.69. The van der Waals surface area contributed by atoms with Crippen LogP contribution in [-0.4, -0.2) is 25.2 Å². The fourth-order valence-corrected chi connectivity index (χ4v) is 1.81. The number of carbonyl (C=O) groups excluding carboxylic acids is 1. The number of benzene rings is 1. The fraction of sp³-hybridized carbons (Fsp3) is 0.417. The molecule has 0 radical (unpaired) electrons. The minimum atomic E-state index is -1.04. The summed E-state index contributed by atoms with van der Waals surface area (Å²) in [5.41, 5.74) is 0. The summed E-state index contributed by atoms with van der Waals surface area (Å²) in [5, 5.41) is 5.85. The Morgan fingerprint density at radius 3 is 2.67 bits per heavy atom. The molecule has 0 saturated carbocycles. The molecule has 1 aromatic rings. The Kier molecular flexibility index (Phi) is 4.09. The molecule has 6 heteroatoms. The highest BCUT2D eigenvalue weighted by molar-refractivity contribution is 5.70. The van der Waals surface area contributed by atoms with Crippen LogP contribution in [0.5, 0.6) is 5.75 Å². The Bertz CT molecular complexity index is 434. The van der Waals surface area contributed by atoms with E-state index in [1.807, 2.05) is 0 Å². The average molecular weight is 256 g/mol. The summed E-state index contributed by atoms with van der Waals surface area (Å²) < 4.78 is 30.4. The summed E-state index contributed by atoms with van der Waals surface area (Å²) in [5.74, 6) is -2.02. The number of amides is 1. The van der Waals surface area contributed by atoms with Crippen LogP contribution < -0.4 is 15.4 Å². The van der Waals surface area contributed by atoms with Crippen molar-refractivity contribution in [2.24, 2.45) is 0 Å². The van der Waals surface area contributed by atoms with E-state index in [0.717, 1.165) is 38.1 Å². The van der Waals surface area contributed by atoms with Gasteiger partial charge in [0, 0.05) is 12.1 Å². The standard InChI is InChI=1S/C12H14F2N2O2/c13-10-2-1-9(7-11(10)14)18-12(17)16-8-3-5-15-6-4-8/h1-2,7-8,15H,3-6H2,(H,16,17). The van der Waals surface area contributed by atoms with E-state index in [9.17, 15) is 13.6 Å². The SMILES string of the molecule is O=C(NC1CCNCC1)Oc1ccc(F)c(F)c1. The molecule has 18 heavy (non-hydrogen) atoms. The molecule has 1 heterocycles. The second kappa shape index (κ2) is 5.77. The summed E-state index contributed by atoms with van der Waals surface area (Å²) in [4.78, 5) is 11.5. The zero-order valence-electron chi connectivity index (χ0n) is 9.71. The first-order valence-electron chi connectivity index (χ1n) is 5.79. The molecule has 1 aromatic carbocycles. The number of ether oxygens (including phenoxy) is 1. The zero-order chi connectivity index (χ0) is 13.0. The largest absolute Gasteiger partial charge is 0.412 e. The van der Waals surface area contributed by atoms with E-state index >= 15 is 0 Å². The average Bonchev–Trinajstić information content (AvgIpc) is 2.35. The van der Waals surface area contributed by atoms with Gasteiger partial charge in [-0.1, -0.05) is 0 Å². The fourth-order valence-electron chi connectivity index (χ4n) is 1.81. The van der Waals surface area contributed by atoms with Crippen LogP contribution in [0, 0.1) is 11.6 Å². The summed E-state index contributed by atoms with van der Waals surface area (Å²) in [7, 11) is 0. The molecule has 4 nitrogen and oxygen atoms in total. The normalized spacial score (nSPS) is 16.3. The molecule has 0 unspecified atom stereocenters. The molecule has 2 rings (SSSR count). The van der Waals surface area contributed by atoms with Crippen molar-refractivity contribution in [3.8, 4) is 5.75 Å². The van der Waals surface area contributed by atoms with Crippen molar-refractivity contribution in [2.45, 2.75) is 18.9 Å². The van der Waals surface area contributed by atoms with Crippen molar-refractivity contribution >= 4 is 6.09 Å². The maximum atomic E-state index is 12.9. The minimum absolute atomic E-state index is 0.0136. The number of hydrogen-bond acceptors (Lipinski definition) is 3. The third-order valence-electron chi connectivity index (χ3n) is 2.76. The van der Waals surface area contributed by atoms with Crippen molar-refractivity contribution < 1.29 is 18.3 Å². The predicted molar refractivity (Wildman–Crippen MR) is 61.4 cm³/mol. The molecule has 0 aliphatic carbocycles. The first-order chi connectivity index (χ1) is 8.65. The first kappa shape index (κ1) is 12.8. The van der Waals surface area contributed by atoms with Crippen molar-refractivity contribution in [3.63, 3.8) is 0 Å². The minimum Gasteiger partial charge on any atom is -0.410 e. The van der Waals surface area contributed by atoms with Gasteiger partial charge in [0.05, 0.1) is 0 Å². The molecule has 2 N–H and O–H groups in total. The summed E-state index contributed by atoms with van der Waals surface area (Å²) in [6, 6.07) is 3.03. The number of rotatable bonds is 2. The van der Waals surface area contributed by atoms with Crippen molar-refractivity contribution in [2.75, 3.05) is 13.1 Å². The number of hydrogen-bond donors (Lipinski definition) is 2. The smallest absolute Gasteiger partial charge is 0.410 e. The maximum absolute atomic E-state index is 12.9. The number of halogens is 2. The van der Waals surface area contributed by atoms with E-state index in [-0.39, 0.29) is 11.8 Å². The van der Waals surface area contributed by atoms with Crippen LogP contribution in [0.3, 0.4) is 0 Å². The molecule has 0 atom stereocenters. The molecule has 1 aliphatic heterocycles. The van der Waals surface area contributed by atoms with Crippen molar-refractivity contribution in [3.05, 3.63) is 29.8 Å². The Morgan fingerprint density at radius 2 is 2.00 bits per heavy atom. The van der Waals surface area contributed by atoms with Gasteiger partial charge in [-0.3, -0.25) is 0 Å². The lowest BCUT2D eigenvalue weighted by atomic mass is 10.1. The third-order valence-corrected chi connectivity index (χ3v) is 2.76. The molecular formula is C12H14F2N2O2. The topological polar surface area (TPSA) is 50.4 Å². The lowest BCUT2D eigenvalue weighted by Crippen LogP contribution is -2.43. The number of carbonyl (C=O) groups is 1. The summed E-state index contributed by atoms with van der Waals surface area (Å²) >= 11 is 0. The van der Waals surface area contributed by atoms with Gasteiger partial charge in [0.2, 0.25) is 0 Å². The first-order valence-corrected chi connectivity index (χ1v) is 5.79. The molecule has 0 aromatic heterocycles. The van der Waals surface area contributed by atoms with Crippen LogP contribution in [-0.2, 0) is 0 Å². The molecule has 1 saturated heterocycles. The van der Waals surface area contributed by atoms with E-state index in [2.05, 4.69) is 10.6 Å². The van der Waals surface area contributed by atoms with Crippen LogP contribution in [0.15, 0.2) is 18.2 Å². The van der Waals surface area contributed by atoms with Crippen LogP contribution >= 0.6 is 0 Å². The van der Waals surface area contributed by atoms with Gasteiger partial charge in [-0.05, 0) is 38.1 Å². The van der Waals surface area contributed by atoms with Gasteiger partial charge in [-0.2, -0.15) is 0 Å². The van der Waals surface area contributed by atoms with Gasteiger partial charge in [-0.25, -0.2) is 13.6 Å². The van der Waals surface area contributed by atoms with E-state index < -0.39 is 17.7 Å². The van der Waals surface area contributed by atoms with Crippen molar-refractivity contribution in [1.82, 2.24) is 10.6 Å². The van der Waals surface area contributed by atoms with E-state index in [4.69, 9.17) is 4.74 Å². The Morgan fingerprint density at radius 1 is 1.28 bits per heavy atom. The second-order valence-corrected chi connectivity index (χ2v) is 4.13. The molecule has 0 bridgehead atoms. The van der Waals surface area contributed by atoms with Crippen molar-refractivity contribution in [1.29, 1.82) is 0 Å². The highest BCUT2D eigenvalue weighted by Crippen LogP contribution is 2.15. The molecule has 1 amide bonds. The molecule has 0 spiro atoms. The quantitative estimate of drug-likeness (QED) is 0.848. The Labute approximate surface area is 103 Å². The maximum Gasteiger partial charge on any atom is 0.412 e. The van der Waals surface area contributed by atoms with Gasteiger partial charge >= 0.3 is 6.09 Å². The lowest BCUT2D eigenvalue weighted by molar-refractivity contribution is 0.192. The van der Waals surface area contributed by atoms with E-state index in [1.165, 1.54) is 6.07 Å². The highest BCUT2D eigenvalue weighted by atomic mass is 19.2. The summed E-state index contributed by atoms with van der Waals surface area (Å²) in [6.07, 6.45) is 1.01. The molecular weight excluding hydrogens is 242 g/mol. The van der Waals surface area contributed by atoms with E-state index in [0.29, 0.717) is 0 Å². The molecule has 1 fully saturated rings. The zero-order valence-corrected chi connectivity index (χ0v) is 9.71. The summed E-state index contributed by atoms with van der Waals surface area (Å²) in [6.45, 7) is 1.69. The number of nitrogens with one attached hydrogen (secondary N) is 2. The van der Waals surface area contributed by atoms with Crippen LogP contribution in [0.25, 0.3) is 0 Å². The van der Waals surface area contributed by atoms with Crippen LogP contribution in [0.4, 0.5) is 13.6 Å². The lowest BCUT2D eigenvalue weighted by Gasteiger charge is -2.23. The van der Waals surface area contributed by atoms with E-state index in [1.54, 1.807) is 0 Å².